The number of sulfone groups is 1. The number of aromatic nitrogens is 4. The van der Waals surface area contributed by atoms with Gasteiger partial charge in [0.2, 0.25) is 5.91 Å². The number of piperazine rings is 7. The number of β-amino-alcohol motifs (C(OH)–C–C–N with tert-alkyl or cyclic N) is 1. The molecule has 8 atom stereocenters. The van der Waals surface area contributed by atoms with Crippen molar-refractivity contribution >= 4 is 27.3 Å². The maximum atomic E-state index is 12.0. The van der Waals surface area contributed by atoms with Crippen molar-refractivity contribution in [3.8, 4) is 5.75 Å². The quantitative estimate of drug-likeness (QED) is 0.105. The van der Waals surface area contributed by atoms with Crippen LogP contribution >= 0.6 is 11.6 Å². The summed E-state index contributed by atoms with van der Waals surface area (Å²) < 4.78 is 75.4. The normalized spacial score (nSPS) is 25.8. The van der Waals surface area contributed by atoms with Crippen LogP contribution in [0.2, 0.25) is 5.02 Å². The largest absolute Gasteiger partial charge is 0.496 e. The number of carbonyl (C=O) groups is 1. The van der Waals surface area contributed by atoms with Crippen LogP contribution in [-0.2, 0) is 70.4 Å². The van der Waals surface area contributed by atoms with Crippen molar-refractivity contribution in [2.75, 3.05) is 381 Å². The molecule has 14 aliphatic heterocycles. The Morgan fingerprint density at radius 3 is 1.48 bits per heavy atom. The lowest BCUT2D eigenvalue weighted by molar-refractivity contribution is -0.172. The number of amides is 1. The minimum atomic E-state index is -4.02. The van der Waals surface area contributed by atoms with E-state index in [0.29, 0.717) is 43.1 Å². The van der Waals surface area contributed by atoms with Gasteiger partial charge in [0.25, 0.3) is 0 Å². The molecule has 2 aromatic heterocycles. The Morgan fingerprint density at radius 2 is 1.04 bits per heavy atom. The Labute approximate surface area is 856 Å². The predicted molar refractivity (Wildman–Crippen MR) is 570 cm³/mol. The minimum absolute atomic E-state index is 0.0324. The van der Waals surface area contributed by atoms with Crippen molar-refractivity contribution < 1.29 is 50.8 Å². The van der Waals surface area contributed by atoms with E-state index in [1.807, 2.05) is 81.4 Å². The number of nitrogens with one attached hydrogen (secondary N) is 2. The molecule has 0 bridgehead atoms. The number of nitrogens with zero attached hydrogens (tertiary/aromatic N) is 23. The number of H-pyrrole nitrogens is 1. The number of para-hydroxylation sites is 1. The van der Waals surface area contributed by atoms with E-state index in [4.69, 9.17) is 30.9 Å². The van der Waals surface area contributed by atoms with E-state index in [-0.39, 0.29) is 30.6 Å². The number of fused-ring (bicyclic) bond motifs is 3. The zero-order chi connectivity index (χ0) is 104. The molecule has 0 aliphatic carbocycles. The van der Waals surface area contributed by atoms with Gasteiger partial charge in [-0.05, 0) is 201 Å². The number of aliphatic hydroxyl groups is 2. The van der Waals surface area contributed by atoms with Crippen LogP contribution in [0.1, 0.15) is 100 Å². The molecule has 141 heavy (non-hydrogen) atoms. The summed E-state index contributed by atoms with van der Waals surface area (Å²) in [6, 6.07) is 17.5. The van der Waals surface area contributed by atoms with Crippen molar-refractivity contribution in [1.29, 1.82) is 0 Å². The number of aliphatic hydroxyl groups excluding tert-OH is 2. The smallest absolute Gasteiger partial charge is 0.404 e. The average molecular weight is 2040 g/mol. The number of halogens is 4. The SMILES string of the molecule is CC1CC(C)CN(C)C1.CCOCCN1CCN(C)CC1.CN(C)C1CCS(=O)(=O)C1.CN1CC(O)C1.CN1CCC[C@H]1C(F)(F)F.CN1CCN(Cc2ccc(Cl)cc2)CC1.CN1Cc2cn[nH]c2C1.CN1Cc2cnn(C)c2C1.CNC(=O)CN1CCN(C)CC1.COCCN1CCN(C)CC1.COc1ccccc1CN1CCN(C)CC1.C[C@H]1CN(C)CCN1C.C[C@H]1CN2C[C@H](O)C[C@H]2CN1C. The Bertz CT molecular complexity index is 3970. The highest BCUT2D eigenvalue weighted by atomic mass is 35.5. The number of methoxy groups -OCH3 is 2. The zero-order valence-corrected chi connectivity index (χ0v) is 93.4. The number of ether oxygens (including phenoxy) is 3. The van der Waals surface area contributed by atoms with Gasteiger partial charge in [-0.3, -0.25) is 58.7 Å². The van der Waals surface area contributed by atoms with E-state index in [1.54, 1.807) is 21.3 Å². The van der Waals surface area contributed by atoms with Crippen LogP contribution in [0.25, 0.3) is 0 Å². The van der Waals surface area contributed by atoms with Crippen LogP contribution in [0.3, 0.4) is 0 Å². The van der Waals surface area contributed by atoms with Gasteiger partial charge < -0.3 is 83.6 Å². The number of rotatable bonds is 15. The van der Waals surface area contributed by atoms with Crippen LogP contribution in [-0.4, -0.2) is 572 Å². The summed E-state index contributed by atoms with van der Waals surface area (Å²) in [7, 11) is 35.7. The number of benzene rings is 2. The number of carbonyl (C=O) groups excluding carboxylic acids is 1. The Kier molecular flexibility index (Phi) is 59.0. The molecule has 12 saturated heterocycles. The monoisotopic (exact) mass is 2030 g/mol. The lowest BCUT2D eigenvalue weighted by atomic mass is 9.92. The van der Waals surface area contributed by atoms with E-state index in [2.05, 4.69) is 238 Å². The Balaban J connectivity index is 0.000000235. The first-order valence-electron chi connectivity index (χ1n) is 52.2. The third-order valence-corrected chi connectivity index (χ3v) is 30.9. The molecular weight excluding hydrogens is 1840 g/mol. The van der Waals surface area contributed by atoms with E-state index < -0.39 is 22.1 Å². The summed E-state index contributed by atoms with van der Waals surface area (Å²) in [6.07, 6.45) is 3.85. The molecule has 16 heterocycles. The van der Waals surface area contributed by atoms with E-state index in [1.165, 1.54) is 163 Å². The number of alkyl halides is 3. The van der Waals surface area contributed by atoms with Gasteiger partial charge in [0.1, 0.15) is 11.8 Å². The fourth-order valence-electron chi connectivity index (χ4n) is 19.3. The highest BCUT2D eigenvalue weighted by Gasteiger charge is 2.44. The van der Waals surface area contributed by atoms with Gasteiger partial charge in [0, 0.05) is 322 Å². The zero-order valence-electron chi connectivity index (χ0n) is 91.9. The molecule has 1 amide bonds. The molecule has 3 unspecified atom stereocenters. The van der Waals surface area contributed by atoms with Gasteiger partial charge >= 0.3 is 6.18 Å². The number of aryl methyl sites for hydroxylation is 1. The summed E-state index contributed by atoms with van der Waals surface area (Å²) in [5.74, 6) is 3.66. The van der Waals surface area contributed by atoms with Gasteiger partial charge in [-0.15, -0.1) is 0 Å². The third kappa shape index (κ3) is 50.4. The summed E-state index contributed by atoms with van der Waals surface area (Å²) >= 11 is 5.85. The van der Waals surface area contributed by atoms with Gasteiger partial charge in [-0.1, -0.05) is 55.8 Å². The molecule has 38 heteroatoms. The summed E-state index contributed by atoms with van der Waals surface area (Å²) in [5.41, 5.74) is 8.00. The second-order valence-corrected chi connectivity index (χ2v) is 45.1. The van der Waals surface area contributed by atoms with Crippen LogP contribution < -0.4 is 10.1 Å². The molecule has 2 aromatic carbocycles. The molecule has 12 fully saturated rings. The first kappa shape index (κ1) is 125. The van der Waals surface area contributed by atoms with Crippen LogP contribution in [0, 0.1) is 11.8 Å². The number of hydrogen-bond acceptors (Lipinski definition) is 30. The van der Waals surface area contributed by atoms with Crippen molar-refractivity contribution in [2.45, 2.75) is 155 Å². The number of hydrogen-bond donors (Lipinski definition) is 4. The molecule has 0 radical (unpaired) electrons. The van der Waals surface area contributed by atoms with Gasteiger partial charge in [0.05, 0.1) is 74.4 Å². The predicted octanol–water partition coefficient (Wildman–Crippen LogP) is 5.65. The van der Waals surface area contributed by atoms with Crippen molar-refractivity contribution in [3.05, 3.63) is 99.6 Å². The number of likely N-dealkylation sites (N-methyl/N-ethyl adjacent to an activating group) is 10. The van der Waals surface area contributed by atoms with Crippen molar-refractivity contribution in [3.63, 3.8) is 0 Å². The minimum Gasteiger partial charge on any atom is -0.496 e. The van der Waals surface area contributed by atoms with Gasteiger partial charge in [-0.25, -0.2) is 8.42 Å². The first-order valence-corrected chi connectivity index (χ1v) is 54.4. The number of piperidine rings is 1. The summed E-state index contributed by atoms with van der Waals surface area (Å²) in [5, 5.41) is 32.5. The highest BCUT2D eigenvalue weighted by Crippen LogP contribution is 2.32. The fourth-order valence-corrected chi connectivity index (χ4v) is 21.3. The number of likely N-dealkylation sites (tertiary alicyclic amines) is 3. The second-order valence-electron chi connectivity index (χ2n) is 42.4. The molecule has 33 nitrogen and oxygen atoms in total. The first-order chi connectivity index (χ1) is 66.9. The molecule has 4 aromatic rings. The third-order valence-electron chi connectivity index (χ3n) is 28.9. The lowest BCUT2D eigenvalue weighted by Gasteiger charge is -2.39. The van der Waals surface area contributed by atoms with E-state index in [0.717, 1.165) is 199 Å². The van der Waals surface area contributed by atoms with Gasteiger partial charge in [0.15, 0.2) is 9.84 Å². The summed E-state index contributed by atoms with van der Waals surface area (Å²) in [4.78, 5) is 56.8. The van der Waals surface area contributed by atoms with Crippen LogP contribution in [0.15, 0.2) is 60.9 Å². The number of aromatic amines is 1. The Morgan fingerprint density at radius 1 is 0.532 bits per heavy atom. The van der Waals surface area contributed by atoms with Crippen LogP contribution in [0.4, 0.5) is 13.2 Å². The topological polar surface area (TPSA) is 243 Å². The molecule has 0 spiro atoms. The highest BCUT2D eigenvalue weighted by molar-refractivity contribution is 7.91. The van der Waals surface area contributed by atoms with E-state index >= 15 is 0 Å². The maximum Gasteiger partial charge on any atom is 0.404 e. The molecule has 14 aliphatic rings. The van der Waals surface area contributed by atoms with Crippen molar-refractivity contribution in [2.24, 2.45) is 18.9 Å². The lowest BCUT2D eigenvalue weighted by Crippen LogP contribution is -2.53. The Hall–Kier alpha value is -4.80. The van der Waals surface area contributed by atoms with Gasteiger partial charge in [-0.2, -0.15) is 23.4 Å². The molecule has 0 saturated carbocycles. The fraction of sp³-hybridized carbons (Fsp3) is 0.816. The average Bonchev–Trinajstić information content (AvgIpc) is 1.71. The van der Waals surface area contributed by atoms with Crippen LogP contribution in [0.5, 0.6) is 5.75 Å². The molecule has 18 rings (SSSR count). The van der Waals surface area contributed by atoms with E-state index in [9.17, 15) is 31.5 Å². The second kappa shape index (κ2) is 66.6. The summed E-state index contributed by atoms with van der Waals surface area (Å²) in [6.45, 7) is 57.5. The molecule has 4 N–H and O–H groups in total. The van der Waals surface area contributed by atoms with Crippen molar-refractivity contribution in [1.82, 2.24) is 123 Å². The molecular formula is C103H195ClF3N25O8S. The maximum absolute atomic E-state index is 12.0. The standard InChI is InChI=1S/C13H20N2O.C12H17ClN2.C9H18N2O.C9H20N2O.C8H17N3O.C8H18N2O.C8H17N.C7H11N3.C7H16N2.C6H10F3N.C6H9N3.C6H13NO2S.C4H9NO/c1-14-7-9-15(10-8-14)11-12-5-3-4-6-13(12)16-2;1-14-6-8-15(9-7-14)10-11-2-4-12(13)5-3-11;1-7-4-11-6-9(12)3-8(11)5-10(7)2;1-3-12-9-8-11-6-4-10(2)5-7-11;1-9-8(12)7-11-5-3-10(2)4-6-11;1-9-3-5-10(6-4-9)7-8-11-2;1-7-4-8(2)6-9(3)5-7;1-9-4-6-3-8-10(2)7(6)5-9;1-7-6-8(2)4-5-9(7)3;1-10-4-2-3-5(10)6(7,8)9;1-9-3-5-2-7-8-6(5)4-9;1-7(2)6-3-4-10(8,9)5-6;1-5-2-4(6)3-5/h3-6H,7-11H2,1-2H3;2-5H,6-10H2,1H3;7-9,12H,3-6H2,1-2H3;3-9H2,1-2H3;3-7H2,1-2H3,(H,9,12);3-8H2,1-2H3;7-8H,4-6H2,1-3H3;3H,4-5H2,1-2H3;7H,4-6H2,1-3H3;5H,2-4H2,1H3;2H,3-4H2,1H3,(H,7,8);6H,3-5H2,1-2H3;4,6H,2-3H2,1H3/t;;7-,8-,9+;;;;;;7-;5-;;;/m..0.....00.../s1. The molecule has 814 valence electrons.